The monoisotopic (exact) mass is 332 g/mol. The van der Waals surface area contributed by atoms with Gasteiger partial charge in [-0.15, -0.1) is 0 Å². The number of nitrogens with one attached hydrogen (secondary N) is 3. The molecule has 134 valence electrons. The number of rotatable bonds is 14. The van der Waals surface area contributed by atoms with Crippen LogP contribution in [0.15, 0.2) is 36.4 Å². The Morgan fingerprint density at radius 3 is 2.17 bits per heavy atom. The van der Waals surface area contributed by atoms with Gasteiger partial charge in [-0.3, -0.25) is 4.79 Å². The van der Waals surface area contributed by atoms with Gasteiger partial charge < -0.3 is 21.7 Å². The van der Waals surface area contributed by atoms with Gasteiger partial charge >= 0.3 is 0 Å². The SMILES string of the molecule is NCCCNCCCCNCCCNC(=O)/C=C/c1ccccc1. The summed E-state index contributed by atoms with van der Waals surface area (Å²) in [5.74, 6) is -0.0394. The van der Waals surface area contributed by atoms with Crippen LogP contribution >= 0.6 is 0 Å². The Bertz CT molecular complexity index is 448. The zero-order valence-corrected chi connectivity index (χ0v) is 14.6. The lowest BCUT2D eigenvalue weighted by atomic mass is 10.2. The molecule has 0 aromatic heterocycles. The van der Waals surface area contributed by atoms with Gasteiger partial charge in [-0.25, -0.2) is 0 Å². The highest BCUT2D eigenvalue weighted by Crippen LogP contribution is 2.00. The van der Waals surface area contributed by atoms with Crippen LogP contribution in [0.25, 0.3) is 6.08 Å². The topological polar surface area (TPSA) is 79.2 Å². The van der Waals surface area contributed by atoms with E-state index in [0.29, 0.717) is 6.54 Å². The van der Waals surface area contributed by atoms with Gasteiger partial charge in [0.1, 0.15) is 0 Å². The average Bonchev–Trinajstić information content (AvgIpc) is 2.62. The van der Waals surface area contributed by atoms with Gasteiger partial charge in [0, 0.05) is 12.6 Å². The van der Waals surface area contributed by atoms with Crippen molar-refractivity contribution in [2.24, 2.45) is 5.73 Å². The standard InChI is InChI=1S/C19H32N4O/c20-12-6-15-21-13-4-5-14-22-16-7-17-23-19(24)11-10-18-8-2-1-3-9-18/h1-3,8-11,21-22H,4-7,12-17,20H2,(H,23,24)/b11-10+. The second-order valence-corrected chi connectivity index (χ2v) is 5.74. The summed E-state index contributed by atoms with van der Waals surface area (Å²) in [4.78, 5) is 11.7. The molecule has 1 aromatic rings. The Morgan fingerprint density at radius 1 is 0.875 bits per heavy atom. The van der Waals surface area contributed by atoms with E-state index >= 15 is 0 Å². The summed E-state index contributed by atoms with van der Waals surface area (Å²) in [6.07, 6.45) is 7.75. The predicted molar refractivity (Wildman–Crippen MR) is 102 cm³/mol. The number of carbonyl (C=O) groups is 1. The summed E-state index contributed by atoms with van der Waals surface area (Å²) >= 11 is 0. The molecule has 1 amide bonds. The molecule has 1 aromatic carbocycles. The molecular formula is C19H32N4O. The number of hydrogen-bond donors (Lipinski definition) is 4. The first-order valence-electron chi connectivity index (χ1n) is 8.95. The maximum absolute atomic E-state index is 11.7. The van der Waals surface area contributed by atoms with Crippen molar-refractivity contribution in [2.45, 2.75) is 25.7 Å². The van der Waals surface area contributed by atoms with E-state index in [0.717, 1.165) is 51.1 Å². The minimum Gasteiger partial charge on any atom is -0.353 e. The van der Waals surface area contributed by atoms with Gasteiger partial charge in [0.15, 0.2) is 0 Å². The summed E-state index contributed by atoms with van der Waals surface area (Å²) in [6, 6.07) is 9.82. The zero-order chi connectivity index (χ0) is 17.3. The summed E-state index contributed by atoms with van der Waals surface area (Å²) in [5.41, 5.74) is 6.47. The largest absolute Gasteiger partial charge is 0.353 e. The number of amides is 1. The molecule has 0 aliphatic rings. The van der Waals surface area contributed by atoms with Gasteiger partial charge in [-0.1, -0.05) is 30.3 Å². The van der Waals surface area contributed by atoms with Crippen molar-refractivity contribution in [1.82, 2.24) is 16.0 Å². The van der Waals surface area contributed by atoms with Crippen molar-refractivity contribution < 1.29 is 4.79 Å². The number of unbranched alkanes of at least 4 members (excludes halogenated alkanes) is 1. The fraction of sp³-hybridized carbons (Fsp3) is 0.526. The van der Waals surface area contributed by atoms with E-state index in [4.69, 9.17) is 5.73 Å². The van der Waals surface area contributed by atoms with Crippen molar-refractivity contribution in [2.75, 3.05) is 39.3 Å². The van der Waals surface area contributed by atoms with Crippen LogP contribution in [0.1, 0.15) is 31.2 Å². The van der Waals surface area contributed by atoms with Crippen LogP contribution in [0.4, 0.5) is 0 Å². The number of hydrogen-bond acceptors (Lipinski definition) is 4. The molecule has 0 atom stereocenters. The summed E-state index contributed by atoms with van der Waals surface area (Å²) < 4.78 is 0. The second kappa shape index (κ2) is 14.9. The van der Waals surface area contributed by atoms with Gasteiger partial charge in [-0.05, 0) is 70.0 Å². The Hall–Kier alpha value is -1.69. The summed E-state index contributed by atoms with van der Waals surface area (Å²) in [7, 11) is 0. The van der Waals surface area contributed by atoms with E-state index in [1.807, 2.05) is 36.4 Å². The summed E-state index contributed by atoms with van der Waals surface area (Å²) in [6.45, 7) is 5.50. The first kappa shape index (κ1) is 20.4. The van der Waals surface area contributed by atoms with E-state index in [9.17, 15) is 4.79 Å². The molecule has 0 aliphatic carbocycles. The van der Waals surface area contributed by atoms with Crippen LogP contribution < -0.4 is 21.7 Å². The number of nitrogens with two attached hydrogens (primary N) is 1. The molecule has 0 heterocycles. The minimum absolute atomic E-state index is 0.0394. The normalized spacial score (nSPS) is 11.0. The van der Waals surface area contributed by atoms with Crippen LogP contribution in [0.2, 0.25) is 0 Å². The molecule has 0 radical (unpaired) electrons. The molecule has 0 fully saturated rings. The molecule has 0 saturated heterocycles. The predicted octanol–water partition coefficient (Wildman–Crippen LogP) is 1.51. The second-order valence-electron chi connectivity index (χ2n) is 5.74. The van der Waals surface area contributed by atoms with Gasteiger partial charge in [0.2, 0.25) is 5.91 Å². The van der Waals surface area contributed by atoms with Crippen molar-refractivity contribution >= 4 is 12.0 Å². The first-order valence-corrected chi connectivity index (χ1v) is 8.95. The maximum Gasteiger partial charge on any atom is 0.243 e. The van der Waals surface area contributed by atoms with Crippen LogP contribution in [0, 0.1) is 0 Å². The van der Waals surface area contributed by atoms with Gasteiger partial charge in [-0.2, -0.15) is 0 Å². The van der Waals surface area contributed by atoms with Crippen molar-refractivity contribution in [3.8, 4) is 0 Å². The van der Waals surface area contributed by atoms with Crippen LogP contribution in [0.3, 0.4) is 0 Å². The smallest absolute Gasteiger partial charge is 0.243 e. The Kier molecular flexibility index (Phi) is 12.6. The molecular weight excluding hydrogens is 300 g/mol. The number of carbonyl (C=O) groups excluding carboxylic acids is 1. The van der Waals surface area contributed by atoms with Gasteiger partial charge in [0.25, 0.3) is 0 Å². The highest BCUT2D eigenvalue weighted by atomic mass is 16.1. The zero-order valence-electron chi connectivity index (χ0n) is 14.6. The fourth-order valence-corrected chi connectivity index (χ4v) is 2.20. The molecule has 0 unspecified atom stereocenters. The molecule has 5 nitrogen and oxygen atoms in total. The van der Waals surface area contributed by atoms with E-state index in [-0.39, 0.29) is 5.91 Å². The third kappa shape index (κ3) is 11.8. The Labute approximate surface area is 146 Å². The highest BCUT2D eigenvalue weighted by molar-refractivity contribution is 5.91. The molecule has 1 rings (SSSR count). The van der Waals surface area contributed by atoms with Crippen molar-refractivity contribution in [3.05, 3.63) is 42.0 Å². The van der Waals surface area contributed by atoms with Crippen molar-refractivity contribution in [1.29, 1.82) is 0 Å². The van der Waals surface area contributed by atoms with E-state index in [2.05, 4.69) is 16.0 Å². The molecule has 0 aliphatic heterocycles. The van der Waals surface area contributed by atoms with E-state index in [1.54, 1.807) is 6.08 Å². The first-order chi connectivity index (χ1) is 11.8. The Balaban J connectivity index is 1.88. The quantitative estimate of drug-likeness (QED) is 0.308. The Morgan fingerprint density at radius 2 is 1.50 bits per heavy atom. The van der Waals surface area contributed by atoms with E-state index in [1.165, 1.54) is 12.8 Å². The minimum atomic E-state index is -0.0394. The van der Waals surface area contributed by atoms with E-state index < -0.39 is 0 Å². The molecule has 0 spiro atoms. The average molecular weight is 332 g/mol. The number of benzene rings is 1. The maximum atomic E-state index is 11.7. The molecule has 24 heavy (non-hydrogen) atoms. The van der Waals surface area contributed by atoms with Crippen LogP contribution in [-0.4, -0.2) is 45.2 Å². The van der Waals surface area contributed by atoms with Crippen molar-refractivity contribution in [3.63, 3.8) is 0 Å². The molecule has 5 N–H and O–H groups in total. The molecule has 0 bridgehead atoms. The lowest BCUT2D eigenvalue weighted by Gasteiger charge is -2.06. The van der Waals surface area contributed by atoms with Crippen LogP contribution in [-0.2, 0) is 4.79 Å². The lowest BCUT2D eigenvalue weighted by Crippen LogP contribution is -2.26. The fourth-order valence-electron chi connectivity index (χ4n) is 2.20. The van der Waals surface area contributed by atoms with Gasteiger partial charge in [0.05, 0.1) is 0 Å². The van der Waals surface area contributed by atoms with Crippen LogP contribution in [0.5, 0.6) is 0 Å². The molecule has 5 heteroatoms. The highest BCUT2D eigenvalue weighted by Gasteiger charge is 1.95. The summed E-state index contributed by atoms with van der Waals surface area (Å²) in [5, 5.41) is 9.67. The molecule has 0 saturated carbocycles. The third-order valence-electron chi connectivity index (χ3n) is 3.57. The third-order valence-corrected chi connectivity index (χ3v) is 3.57. The lowest BCUT2D eigenvalue weighted by molar-refractivity contribution is -0.116.